The van der Waals surface area contributed by atoms with E-state index in [-0.39, 0.29) is 17.1 Å². The van der Waals surface area contributed by atoms with E-state index in [0.717, 1.165) is 11.3 Å². The van der Waals surface area contributed by atoms with E-state index in [2.05, 4.69) is 14.8 Å². The second-order valence-electron chi connectivity index (χ2n) is 5.83. The van der Waals surface area contributed by atoms with Crippen LogP contribution in [0, 0.1) is 19.8 Å². The SMILES string of the molecule is Cc1nn(CC(C)C)c(C)c1S(=O)(=O)NCc1nc(C(=O)O)cs1. The van der Waals surface area contributed by atoms with Gasteiger partial charge in [0.15, 0.2) is 5.69 Å². The van der Waals surface area contributed by atoms with Crippen molar-refractivity contribution >= 4 is 27.3 Å². The van der Waals surface area contributed by atoms with Gasteiger partial charge in [0.05, 0.1) is 17.9 Å². The van der Waals surface area contributed by atoms with Gasteiger partial charge in [-0.2, -0.15) is 5.10 Å². The van der Waals surface area contributed by atoms with Gasteiger partial charge >= 0.3 is 5.97 Å². The summed E-state index contributed by atoms with van der Waals surface area (Å²) in [6.07, 6.45) is 0. The lowest BCUT2D eigenvalue weighted by molar-refractivity contribution is 0.0691. The molecule has 0 fully saturated rings. The second kappa shape index (κ2) is 6.99. The topological polar surface area (TPSA) is 114 Å². The minimum Gasteiger partial charge on any atom is -0.476 e. The molecule has 2 N–H and O–H groups in total. The molecule has 0 amide bonds. The Labute approximate surface area is 144 Å². The summed E-state index contributed by atoms with van der Waals surface area (Å²) in [6.45, 7) is 8.02. The van der Waals surface area contributed by atoms with E-state index in [1.54, 1.807) is 18.5 Å². The summed E-state index contributed by atoms with van der Waals surface area (Å²) in [5.41, 5.74) is 0.927. The summed E-state index contributed by atoms with van der Waals surface area (Å²) < 4.78 is 29.3. The largest absolute Gasteiger partial charge is 0.476 e. The molecule has 2 aromatic heterocycles. The van der Waals surface area contributed by atoms with Crippen LogP contribution in [0.1, 0.15) is 40.7 Å². The lowest BCUT2D eigenvalue weighted by atomic mass is 10.2. The van der Waals surface area contributed by atoms with Crippen LogP contribution >= 0.6 is 11.3 Å². The third kappa shape index (κ3) is 4.00. The maximum absolute atomic E-state index is 12.6. The first-order valence-electron chi connectivity index (χ1n) is 7.33. The van der Waals surface area contributed by atoms with Gasteiger partial charge in [-0.1, -0.05) is 13.8 Å². The molecule has 0 aliphatic heterocycles. The summed E-state index contributed by atoms with van der Waals surface area (Å²) in [4.78, 5) is 14.8. The number of carbonyl (C=O) groups is 1. The minimum absolute atomic E-state index is 0.0610. The van der Waals surface area contributed by atoms with E-state index in [1.165, 1.54) is 5.38 Å². The van der Waals surface area contributed by atoms with Gasteiger partial charge in [0.25, 0.3) is 0 Å². The highest BCUT2D eigenvalue weighted by molar-refractivity contribution is 7.89. The number of hydrogen-bond acceptors (Lipinski definition) is 6. The van der Waals surface area contributed by atoms with Gasteiger partial charge in [-0.15, -0.1) is 11.3 Å². The van der Waals surface area contributed by atoms with Gasteiger partial charge in [0, 0.05) is 11.9 Å². The molecule has 132 valence electrons. The van der Waals surface area contributed by atoms with Gasteiger partial charge in [0.2, 0.25) is 10.0 Å². The standard InChI is InChI=1S/C14H20N4O4S2/c1-8(2)6-18-10(4)13(9(3)17-18)24(21,22)15-5-12-16-11(7-23-12)14(19)20/h7-8,15H,5-6H2,1-4H3,(H,19,20). The molecule has 2 aromatic rings. The maximum Gasteiger partial charge on any atom is 0.355 e. The molecule has 0 saturated heterocycles. The number of aromatic nitrogens is 3. The van der Waals surface area contributed by atoms with Crippen molar-refractivity contribution in [3.05, 3.63) is 27.5 Å². The predicted molar refractivity (Wildman–Crippen MR) is 89.6 cm³/mol. The van der Waals surface area contributed by atoms with Crippen LogP contribution in [0.3, 0.4) is 0 Å². The van der Waals surface area contributed by atoms with E-state index in [1.807, 2.05) is 13.8 Å². The van der Waals surface area contributed by atoms with Crippen LogP contribution < -0.4 is 4.72 Å². The molecule has 2 rings (SSSR count). The molecule has 0 unspecified atom stereocenters. The Morgan fingerprint density at radius 2 is 2.08 bits per heavy atom. The van der Waals surface area contributed by atoms with E-state index < -0.39 is 16.0 Å². The van der Waals surface area contributed by atoms with Crippen molar-refractivity contribution in [2.45, 2.75) is 45.7 Å². The zero-order valence-corrected chi connectivity index (χ0v) is 15.5. The monoisotopic (exact) mass is 372 g/mol. The molecule has 24 heavy (non-hydrogen) atoms. The number of carboxylic acid groups (broad SMARTS) is 1. The normalized spacial score (nSPS) is 12.0. The molecule has 0 aliphatic carbocycles. The van der Waals surface area contributed by atoms with E-state index >= 15 is 0 Å². The number of sulfonamides is 1. The predicted octanol–water partition coefficient (Wildman–Crippen LogP) is 1.79. The smallest absolute Gasteiger partial charge is 0.355 e. The molecule has 0 spiro atoms. The fourth-order valence-electron chi connectivity index (χ4n) is 2.31. The Hall–Kier alpha value is -1.78. The lowest BCUT2D eigenvalue weighted by Gasteiger charge is -2.08. The zero-order chi connectivity index (χ0) is 18.1. The van der Waals surface area contributed by atoms with Crippen molar-refractivity contribution in [1.82, 2.24) is 19.5 Å². The highest BCUT2D eigenvalue weighted by Gasteiger charge is 2.25. The maximum atomic E-state index is 12.6. The molecule has 8 nitrogen and oxygen atoms in total. The second-order valence-corrected chi connectivity index (χ2v) is 8.48. The molecule has 0 aromatic carbocycles. The van der Waals surface area contributed by atoms with Gasteiger partial charge in [-0.05, 0) is 19.8 Å². The third-order valence-corrected chi connectivity index (χ3v) is 5.81. The van der Waals surface area contributed by atoms with Crippen molar-refractivity contribution in [3.63, 3.8) is 0 Å². The van der Waals surface area contributed by atoms with Gasteiger partial charge in [-0.25, -0.2) is 22.9 Å². The van der Waals surface area contributed by atoms with Crippen LogP contribution in [0.25, 0.3) is 0 Å². The summed E-state index contributed by atoms with van der Waals surface area (Å²) >= 11 is 1.10. The number of nitrogens with one attached hydrogen (secondary N) is 1. The third-order valence-electron chi connectivity index (χ3n) is 3.31. The molecule has 0 bridgehead atoms. The van der Waals surface area contributed by atoms with Crippen LogP contribution in [0.5, 0.6) is 0 Å². The summed E-state index contributed by atoms with van der Waals surface area (Å²) in [6, 6.07) is 0. The van der Waals surface area contributed by atoms with Gasteiger partial charge in [-0.3, -0.25) is 4.68 Å². The van der Waals surface area contributed by atoms with Crippen LogP contribution in [-0.4, -0.2) is 34.3 Å². The molecule has 10 heteroatoms. The van der Waals surface area contributed by atoms with Crippen LogP contribution in [-0.2, 0) is 23.1 Å². The Balaban J connectivity index is 2.21. The molecule has 0 radical (unpaired) electrons. The number of aryl methyl sites for hydroxylation is 1. The molecule has 2 heterocycles. The Morgan fingerprint density at radius 1 is 1.42 bits per heavy atom. The zero-order valence-electron chi connectivity index (χ0n) is 13.9. The summed E-state index contributed by atoms with van der Waals surface area (Å²) in [5.74, 6) is -0.793. The first-order valence-corrected chi connectivity index (χ1v) is 9.69. The van der Waals surface area contributed by atoms with E-state index in [4.69, 9.17) is 5.11 Å². The Kier molecular flexibility index (Phi) is 5.41. The number of rotatable bonds is 7. The molecule has 0 aliphatic rings. The van der Waals surface area contributed by atoms with Crippen LogP contribution in [0.4, 0.5) is 0 Å². The van der Waals surface area contributed by atoms with Crippen LogP contribution in [0.2, 0.25) is 0 Å². The van der Waals surface area contributed by atoms with Gasteiger partial charge in [0.1, 0.15) is 9.90 Å². The first-order chi connectivity index (χ1) is 11.1. The number of carboxylic acids is 1. The van der Waals surface area contributed by atoms with E-state index in [0.29, 0.717) is 28.9 Å². The molecular formula is C14H20N4O4S2. The quantitative estimate of drug-likeness (QED) is 0.766. The van der Waals surface area contributed by atoms with Gasteiger partial charge < -0.3 is 5.11 Å². The van der Waals surface area contributed by atoms with Crippen molar-refractivity contribution < 1.29 is 18.3 Å². The Morgan fingerprint density at radius 3 is 2.62 bits per heavy atom. The van der Waals surface area contributed by atoms with Crippen molar-refractivity contribution in [2.24, 2.45) is 5.92 Å². The van der Waals surface area contributed by atoms with Crippen molar-refractivity contribution in [2.75, 3.05) is 0 Å². The van der Waals surface area contributed by atoms with Crippen molar-refractivity contribution in [1.29, 1.82) is 0 Å². The minimum atomic E-state index is -3.76. The highest BCUT2D eigenvalue weighted by Crippen LogP contribution is 2.21. The average molecular weight is 372 g/mol. The number of hydrogen-bond donors (Lipinski definition) is 2. The van der Waals surface area contributed by atoms with Crippen LogP contribution in [0.15, 0.2) is 10.3 Å². The fraction of sp³-hybridized carbons (Fsp3) is 0.500. The lowest BCUT2D eigenvalue weighted by Crippen LogP contribution is -2.24. The van der Waals surface area contributed by atoms with Crippen molar-refractivity contribution in [3.8, 4) is 0 Å². The highest BCUT2D eigenvalue weighted by atomic mass is 32.2. The number of thiazole rings is 1. The summed E-state index contributed by atoms with van der Waals surface area (Å²) in [5, 5.41) is 14.9. The molecular weight excluding hydrogens is 352 g/mol. The number of nitrogens with zero attached hydrogens (tertiary/aromatic N) is 3. The Bertz CT molecular complexity index is 852. The average Bonchev–Trinajstić information content (AvgIpc) is 3.02. The number of aromatic carboxylic acids is 1. The summed E-state index contributed by atoms with van der Waals surface area (Å²) in [7, 11) is -3.76. The fourth-order valence-corrected chi connectivity index (χ4v) is 4.51. The first kappa shape index (κ1) is 18.6. The van der Waals surface area contributed by atoms with E-state index in [9.17, 15) is 13.2 Å². The molecule has 0 atom stereocenters. The molecule has 0 saturated carbocycles.